The van der Waals surface area contributed by atoms with E-state index < -0.39 is 14.2 Å². The van der Waals surface area contributed by atoms with Crippen LogP contribution in [0, 0.1) is 11.8 Å². The van der Waals surface area contributed by atoms with E-state index in [1.54, 1.807) is 7.11 Å². The number of rotatable bonds is 16. The van der Waals surface area contributed by atoms with Gasteiger partial charge in [0.05, 0.1) is 43.0 Å². The molecule has 4 rings (SSSR count). The summed E-state index contributed by atoms with van der Waals surface area (Å²) in [5, 5.41) is 2.41. The molecule has 4 atom stereocenters. The molecule has 1 aliphatic heterocycles. The van der Waals surface area contributed by atoms with Gasteiger partial charge in [0.1, 0.15) is 5.75 Å². The number of hydrogen-bond acceptors (Lipinski definition) is 5. The van der Waals surface area contributed by atoms with Gasteiger partial charge in [-0.25, -0.2) is 0 Å². The lowest BCUT2D eigenvalue weighted by molar-refractivity contribution is -0.139. The number of hydrogen-bond donors (Lipinski definition) is 0. The van der Waals surface area contributed by atoms with Gasteiger partial charge < -0.3 is 23.5 Å². The maximum Gasteiger partial charge on any atom is 0.261 e. The van der Waals surface area contributed by atoms with Crippen molar-refractivity contribution in [2.75, 3.05) is 26.9 Å². The van der Waals surface area contributed by atoms with E-state index in [0.29, 0.717) is 19.8 Å². The number of ether oxygens (including phenoxy) is 3. The summed E-state index contributed by atoms with van der Waals surface area (Å²) in [7, 11) is -1.03. The van der Waals surface area contributed by atoms with E-state index in [4.69, 9.17) is 18.6 Å². The van der Waals surface area contributed by atoms with Gasteiger partial charge in [-0.15, -0.1) is 0 Å². The fourth-order valence-corrected chi connectivity index (χ4v) is 12.4. The first kappa shape index (κ1) is 43.2. The molecule has 294 valence electrons. The Labute approximate surface area is 328 Å². The van der Waals surface area contributed by atoms with Crippen LogP contribution in [-0.4, -0.2) is 69.3 Å². The number of carbonyl (C=O) groups is 1. The van der Waals surface area contributed by atoms with Crippen molar-refractivity contribution in [3.05, 3.63) is 109 Å². The summed E-state index contributed by atoms with van der Waals surface area (Å²) in [5.41, 5.74) is 1.31. The molecule has 7 heteroatoms. The number of allylic oxidation sites excluding steroid dienone is 1. The molecule has 3 aromatic carbocycles. The number of likely N-dealkylation sites (tertiary alicyclic amines) is 1. The van der Waals surface area contributed by atoms with E-state index in [2.05, 4.69) is 149 Å². The second kappa shape index (κ2) is 18.4. The number of methoxy groups -OCH3 is 1. The predicted molar refractivity (Wildman–Crippen MR) is 227 cm³/mol. The molecular weight excluding hydrogens is 687 g/mol. The minimum absolute atomic E-state index is 0.0753. The highest BCUT2D eigenvalue weighted by Gasteiger charge is 2.50. The number of amides is 1. The van der Waals surface area contributed by atoms with Crippen LogP contribution in [0.2, 0.25) is 5.04 Å². The summed E-state index contributed by atoms with van der Waals surface area (Å²) in [6.45, 7) is 27.4. The van der Waals surface area contributed by atoms with Gasteiger partial charge in [-0.3, -0.25) is 4.79 Å². The molecular formula is C47H67NO5Si. The Kier molecular flexibility index (Phi) is 14.8. The summed E-state index contributed by atoms with van der Waals surface area (Å²) in [4.78, 5) is 17.1. The quantitative estimate of drug-likeness (QED) is 0.0829. The lowest BCUT2D eigenvalue weighted by Gasteiger charge is -2.43. The van der Waals surface area contributed by atoms with Gasteiger partial charge in [0.15, 0.2) is 0 Å². The highest BCUT2D eigenvalue weighted by Crippen LogP contribution is 2.38. The van der Waals surface area contributed by atoms with Crippen molar-refractivity contribution in [3.8, 4) is 5.75 Å². The SMILES string of the molecule is C=C(C)[C@@H](CCCO[Si](c1ccccc1)(c1ccccc1)C(C)(C)C)[C@H](/C=C/c1cccc(OC)c1)C(=O)N1C[C@H](OC(C)(C)C)C[C@H]1COC(C)(C)C. The molecule has 1 fully saturated rings. The normalized spacial score (nSPS) is 18.2. The van der Waals surface area contributed by atoms with Crippen LogP contribution in [0.15, 0.2) is 103 Å². The summed E-state index contributed by atoms with van der Waals surface area (Å²) < 4.78 is 25.6. The van der Waals surface area contributed by atoms with Gasteiger partial charge in [-0.05, 0) is 107 Å². The predicted octanol–water partition coefficient (Wildman–Crippen LogP) is 9.47. The fourth-order valence-electron chi connectivity index (χ4n) is 7.80. The van der Waals surface area contributed by atoms with Crippen LogP contribution < -0.4 is 15.1 Å². The van der Waals surface area contributed by atoms with Crippen molar-refractivity contribution in [3.63, 3.8) is 0 Å². The molecule has 0 bridgehead atoms. The summed E-state index contributed by atoms with van der Waals surface area (Å²) in [6, 6.07) is 29.4. The van der Waals surface area contributed by atoms with Gasteiger partial charge in [-0.2, -0.15) is 0 Å². The molecule has 3 aromatic rings. The van der Waals surface area contributed by atoms with Crippen LogP contribution in [0.5, 0.6) is 5.75 Å². The first-order chi connectivity index (χ1) is 25.3. The minimum atomic E-state index is -2.70. The van der Waals surface area contributed by atoms with E-state index in [9.17, 15) is 0 Å². The molecule has 0 radical (unpaired) electrons. The van der Waals surface area contributed by atoms with Gasteiger partial charge in [-0.1, -0.05) is 118 Å². The van der Waals surface area contributed by atoms with Crippen LogP contribution in [-0.2, 0) is 18.7 Å². The first-order valence-corrected chi connectivity index (χ1v) is 21.6. The van der Waals surface area contributed by atoms with Crippen molar-refractivity contribution >= 4 is 30.7 Å². The molecule has 54 heavy (non-hydrogen) atoms. The molecule has 6 nitrogen and oxygen atoms in total. The lowest BCUT2D eigenvalue weighted by atomic mass is 9.82. The number of nitrogens with zero attached hydrogens (tertiary/aromatic N) is 1. The highest BCUT2D eigenvalue weighted by molar-refractivity contribution is 6.99. The second-order valence-corrected chi connectivity index (χ2v) is 22.2. The third-order valence-electron chi connectivity index (χ3n) is 10.2. The molecule has 0 spiro atoms. The zero-order chi connectivity index (χ0) is 39.7. The third kappa shape index (κ3) is 11.5. The largest absolute Gasteiger partial charge is 0.497 e. The average Bonchev–Trinajstić information content (AvgIpc) is 3.50. The molecule has 1 heterocycles. The highest BCUT2D eigenvalue weighted by atomic mass is 28.4. The average molecular weight is 754 g/mol. The van der Waals surface area contributed by atoms with E-state index in [1.807, 2.05) is 29.2 Å². The van der Waals surface area contributed by atoms with Crippen LogP contribution in [0.4, 0.5) is 0 Å². The molecule has 1 amide bonds. The Balaban J connectivity index is 1.67. The first-order valence-electron chi connectivity index (χ1n) is 19.7. The minimum Gasteiger partial charge on any atom is -0.497 e. The van der Waals surface area contributed by atoms with E-state index in [0.717, 1.165) is 36.1 Å². The monoisotopic (exact) mass is 753 g/mol. The van der Waals surface area contributed by atoms with E-state index >= 15 is 4.79 Å². The number of benzene rings is 3. The lowest BCUT2D eigenvalue weighted by Crippen LogP contribution is -2.66. The molecule has 1 aliphatic rings. The third-order valence-corrected chi connectivity index (χ3v) is 15.3. The van der Waals surface area contributed by atoms with Gasteiger partial charge >= 0.3 is 0 Å². The Bertz CT molecular complexity index is 1630. The maximum absolute atomic E-state index is 15.0. The van der Waals surface area contributed by atoms with Crippen LogP contribution >= 0.6 is 0 Å². The fraction of sp³-hybridized carbons (Fsp3) is 0.511. The molecule has 1 saturated heterocycles. The zero-order valence-electron chi connectivity index (χ0n) is 35.0. The Morgan fingerprint density at radius 1 is 0.889 bits per heavy atom. The topological polar surface area (TPSA) is 57.2 Å². The van der Waals surface area contributed by atoms with Crippen LogP contribution in [0.3, 0.4) is 0 Å². The number of carbonyl (C=O) groups excluding carboxylic acids is 1. The van der Waals surface area contributed by atoms with E-state index in [1.165, 1.54) is 10.4 Å². The standard InChI is InChI=1S/C47H67NO5Si/c1-35(2)42(27-20-30-52-54(47(9,10)11,40-23-15-13-16-24-40)41-25-17-14-18-26-41)43(29-28-36-21-19-22-38(31-36)50-12)44(49)48-33-39(53-46(6,7)8)32-37(48)34-51-45(3,4)5/h13-19,21-26,28-29,31,37,39,42-43H,1,20,27,30,32-34H2,2-12H3/b29-28+/t37-,39+,42+,43-/m0/s1. The van der Waals surface area contributed by atoms with Crippen LogP contribution in [0.25, 0.3) is 6.08 Å². The van der Waals surface area contributed by atoms with Crippen molar-refractivity contribution in [2.24, 2.45) is 11.8 Å². The molecule has 0 saturated carbocycles. The van der Waals surface area contributed by atoms with Crippen molar-refractivity contribution in [1.82, 2.24) is 4.90 Å². The van der Waals surface area contributed by atoms with Gasteiger partial charge in [0.2, 0.25) is 5.91 Å². The maximum atomic E-state index is 15.0. The van der Waals surface area contributed by atoms with Crippen molar-refractivity contribution in [2.45, 2.75) is 117 Å². The Hall–Kier alpha value is -3.49. The molecule has 0 N–H and O–H groups in total. The summed E-state index contributed by atoms with van der Waals surface area (Å²) >= 11 is 0. The van der Waals surface area contributed by atoms with Crippen molar-refractivity contribution < 1.29 is 23.4 Å². The Morgan fingerprint density at radius 2 is 1.50 bits per heavy atom. The molecule has 0 aliphatic carbocycles. The van der Waals surface area contributed by atoms with E-state index in [-0.39, 0.29) is 40.2 Å². The van der Waals surface area contributed by atoms with Gasteiger partial charge in [0.25, 0.3) is 8.32 Å². The van der Waals surface area contributed by atoms with Crippen molar-refractivity contribution in [1.29, 1.82) is 0 Å². The van der Waals surface area contributed by atoms with Gasteiger partial charge in [0, 0.05) is 13.2 Å². The van der Waals surface area contributed by atoms with Crippen LogP contribution in [0.1, 0.15) is 94.1 Å². The molecule has 0 unspecified atom stereocenters. The smallest absolute Gasteiger partial charge is 0.261 e. The second-order valence-electron chi connectivity index (χ2n) is 17.9. The zero-order valence-corrected chi connectivity index (χ0v) is 36.0. The summed E-state index contributed by atoms with van der Waals surface area (Å²) in [5.74, 6) is 0.316. The molecule has 0 aromatic heterocycles. The Morgan fingerprint density at radius 3 is 2.02 bits per heavy atom. The summed E-state index contributed by atoms with van der Waals surface area (Å²) in [6.07, 6.45) is 6.33.